The molecule has 1 aromatic heterocycles. The molecule has 2 aromatic rings. The molecule has 0 aliphatic rings. The summed E-state index contributed by atoms with van der Waals surface area (Å²) in [5.74, 6) is 0.937. The number of hydrogen-bond donors (Lipinski definition) is 2. The minimum Gasteiger partial charge on any atom is -0.497 e. The maximum atomic E-state index is 11.3. The van der Waals surface area contributed by atoms with Gasteiger partial charge in [0.25, 0.3) is 0 Å². The van der Waals surface area contributed by atoms with Gasteiger partial charge in [-0.3, -0.25) is 4.79 Å². The average molecular weight is 305 g/mol. The van der Waals surface area contributed by atoms with Crippen LogP contribution in [0.25, 0.3) is 0 Å². The summed E-state index contributed by atoms with van der Waals surface area (Å²) in [6, 6.07) is 5.34. The van der Waals surface area contributed by atoms with E-state index in [-0.39, 0.29) is 1.43 Å². The molecule has 3 N–H and O–H groups in total. The van der Waals surface area contributed by atoms with E-state index in [0.29, 0.717) is 11.3 Å². The van der Waals surface area contributed by atoms with E-state index < -0.39 is 5.91 Å². The Morgan fingerprint density at radius 2 is 1.77 bits per heavy atom. The standard InChI is InChI=1S/C15H17N3O2.CH4O.H2/c1-10-17-8-12(9-18-10)4-3-11-5-13(15(16)19)7-14(6-11)20-2;1-2;/h5-9H,3-4H2,1-2H3,(H2,16,19);2H,1H3;1H. The topological polar surface area (TPSA) is 98.3 Å². The molecule has 0 radical (unpaired) electrons. The van der Waals surface area contributed by atoms with Gasteiger partial charge in [0.1, 0.15) is 11.6 Å². The lowest BCUT2D eigenvalue weighted by Crippen LogP contribution is -2.11. The molecule has 1 amide bonds. The molecule has 0 aliphatic heterocycles. The molecule has 1 heterocycles. The van der Waals surface area contributed by atoms with E-state index in [1.54, 1.807) is 19.2 Å². The van der Waals surface area contributed by atoms with Crippen molar-refractivity contribution < 1.29 is 16.1 Å². The molecule has 22 heavy (non-hydrogen) atoms. The number of rotatable bonds is 5. The fourth-order valence-corrected chi connectivity index (χ4v) is 1.90. The fourth-order valence-electron chi connectivity index (χ4n) is 1.90. The normalized spacial score (nSPS) is 9.64. The Bertz CT molecular complexity index is 618. The Labute approximate surface area is 131 Å². The number of aliphatic hydroxyl groups excluding tert-OH is 1. The highest BCUT2D eigenvalue weighted by atomic mass is 16.5. The lowest BCUT2D eigenvalue weighted by atomic mass is 10.0. The minimum absolute atomic E-state index is 0. The number of nitrogens with two attached hydrogens (primary N) is 1. The summed E-state index contributed by atoms with van der Waals surface area (Å²) in [4.78, 5) is 19.6. The lowest BCUT2D eigenvalue weighted by molar-refractivity contribution is 0.1000. The van der Waals surface area contributed by atoms with Gasteiger partial charge in [-0.15, -0.1) is 0 Å². The second-order valence-electron chi connectivity index (χ2n) is 4.57. The van der Waals surface area contributed by atoms with E-state index >= 15 is 0 Å². The van der Waals surface area contributed by atoms with E-state index in [9.17, 15) is 4.79 Å². The number of carbonyl (C=O) groups excluding carboxylic acids is 1. The summed E-state index contributed by atoms with van der Waals surface area (Å²) in [6.07, 6.45) is 5.20. The summed E-state index contributed by atoms with van der Waals surface area (Å²) >= 11 is 0. The largest absolute Gasteiger partial charge is 0.497 e. The predicted octanol–water partition coefficient (Wildman–Crippen LogP) is 1.53. The molecule has 0 saturated carbocycles. The highest BCUT2D eigenvalue weighted by Gasteiger charge is 2.06. The molecular formula is C16H23N3O3. The maximum Gasteiger partial charge on any atom is 0.248 e. The van der Waals surface area contributed by atoms with Gasteiger partial charge in [-0.2, -0.15) is 0 Å². The maximum absolute atomic E-state index is 11.3. The zero-order chi connectivity index (χ0) is 16.5. The molecule has 0 aliphatic carbocycles. The SMILES string of the molecule is CO.COc1cc(CCc2cnc(C)nc2)cc(C(N)=O)c1.[HH]. The zero-order valence-electron chi connectivity index (χ0n) is 13.0. The number of carbonyl (C=O) groups is 1. The van der Waals surface area contributed by atoms with Crippen molar-refractivity contribution in [1.82, 2.24) is 9.97 Å². The van der Waals surface area contributed by atoms with Crippen LogP contribution >= 0.6 is 0 Å². The van der Waals surface area contributed by atoms with Crippen molar-refractivity contribution in [2.75, 3.05) is 14.2 Å². The zero-order valence-corrected chi connectivity index (χ0v) is 13.0. The monoisotopic (exact) mass is 305 g/mol. The van der Waals surface area contributed by atoms with Gasteiger partial charge in [0.2, 0.25) is 5.91 Å². The fraction of sp³-hybridized carbons (Fsp3) is 0.312. The summed E-state index contributed by atoms with van der Waals surface area (Å²) in [7, 11) is 2.57. The number of primary amides is 1. The second-order valence-corrected chi connectivity index (χ2v) is 4.57. The van der Waals surface area contributed by atoms with Crippen molar-refractivity contribution in [2.45, 2.75) is 19.8 Å². The van der Waals surface area contributed by atoms with Gasteiger partial charge in [-0.05, 0) is 49.1 Å². The molecule has 0 unspecified atom stereocenters. The Kier molecular flexibility index (Phi) is 6.98. The Morgan fingerprint density at radius 3 is 2.32 bits per heavy atom. The summed E-state index contributed by atoms with van der Waals surface area (Å²) < 4.78 is 5.18. The van der Waals surface area contributed by atoms with Gasteiger partial charge in [0, 0.05) is 26.5 Å². The first-order valence-electron chi connectivity index (χ1n) is 6.78. The van der Waals surface area contributed by atoms with Crippen molar-refractivity contribution in [3.05, 3.63) is 53.1 Å². The van der Waals surface area contributed by atoms with Crippen LogP contribution in [-0.4, -0.2) is 35.2 Å². The van der Waals surface area contributed by atoms with E-state index in [0.717, 1.165) is 36.9 Å². The van der Waals surface area contributed by atoms with Crippen LogP contribution in [0.2, 0.25) is 0 Å². The number of hydrogen-bond acceptors (Lipinski definition) is 5. The lowest BCUT2D eigenvalue weighted by Gasteiger charge is -2.07. The molecule has 0 spiro atoms. The number of aromatic nitrogens is 2. The Morgan fingerprint density at radius 1 is 1.18 bits per heavy atom. The van der Waals surface area contributed by atoms with Crippen LogP contribution in [-0.2, 0) is 12.8 Å². The van der Waals surface area contributed by atoms with Gasteiger partial charge >= 0.3 is 0 Å². The van der Waals surface area contributed by atoms with Gasteiger partial charge in [0.15, 0.2) is 0 Å². The van der Waals surface area contributed by atoms with E-state index in [1.807, 2.05) is 25.4 Å². The quantitative estimate of drug-likeness (QED) is 0.873. The van der Waals surface area contributed by atoms with Crippen LogP contribution in [0.4, 0.5) is 0 Å². The van der Waals surface area contributed by atoms with Gasteiger partial charge in [-0.25, -0.2) is 9.97 Å². The summed E-state index contributed by atoms with van der Waals surface area (Å²) in [5, 5.41) is 7.00. The van der Waals surface area contributed by atoms with Gasteiger partial charge in [0.05, 0.1) is 7.11 Å². The molecular weight excluding hydrogens is 282 g/mol. The Balaban J connectivity index is 0.00000155. The predicted molar refractivity (Wildman–Crippen MR) is 85.9 cm³/mol. The van der Waals surface area contributed by atoms with Crippen LogP contribution in [0.1, 0.15) is 28.7 Å². The second kappa shape index (κ2) is 8.74. The summed E-state index contributed by atoms with van der Waals surface area (Å²) in [5.41, 5.74) is 7.83. The number of ether oxygens (including phenoxy) is 1. The molecule has 1 aromatic carbocycles. The molecule has 6 heteroatoms. The van der Waals surface area contributed by atoms with Crippen molar-refractivity contribution in [3.8, 4) is 5.75 Å². The van der Waals surface area contributed by atoms with Crippen LogP contribution < -0.4 is 10.5 Å². The van der Waals surface area contributed by atoms with Crippen LogP contribution in [0.5, 0.6) is 5.75 Å². The third-order valence-corrected chi connectivity index (χ3v) is 3.02. The third-order valence-electron chi connectivity index (χ3n) is 3.02. The Hall–Kier alpha value is -2.47. The first kappa shape index (κ1) is 17.6. The number of methoxy groups -OCH3 is 1. The number of aliphatic hydroxyl groups is 1. The van der Waals surface area contributed by atoms with E-state index in [4.69, 9.17) is 15.6 Å². The highest BCUT2D eigenvalue weighted by molar-refractivity contribution is 5.93. The van der Waals surface area contributed by atoms with Crippen molar-refractivity contribution >= 4 is 5.91 Å². The van der Waals surface area contributed by atoms with Crippen molar-refractivity contribution in [1.29, 1.82) is 0 Å². The number of nitrogens with zero attached hydrogens (tertiary/aromatic N) is 2. The summed E-state index contributed by atoms with van der Waals surface area (Å²) in [6.45, 7) is 1.85. The molecule has 0 fully saturated rings. The van der Waals surface area contributed by atoms with Crippen LogP contribution in [0, 0.1) is 6.92 Å². The highest BCUT2D eigenvalue weighted by Crippen LogP contribution is 2.18. The first-order valence-corrected chi connectivity index (χ1v) is 6.78. The van der Waals surface area contributed by atoms with E-state index in [1.165, 1.54) is 0 Å². The molecule has 120 valence electrons. The van der Waals surface area contributed by atoms with E-state index in [2.05, 4.69) is 9.97 Å². The minimum atomic E-state index is -0.455. The first-order chi connectivity index (χ1) is 10.6. The third kappa shape index (κ3) is 5.14. The molecule has 6 nitrogen and oxygen atoms in total. The molecule has 2 rings (SSSR count). The molecule has 0 bridgehead atoms. The van der Waals surface area contributed by atoms with Crippen molar-refractivity contribution in [3.63, 3.8) is 0 Å². The molecule has 0 atom stereocenters. The molecule has 0 saturated heterocycles. The number of aryl methyl sites for hydroxylation is 3. The average Bonchev–Trinajstić information content (AvgIpc) is 2.55. The van der Waals surface area contributed by atoms with Crippen molar-refractivity contribution in [2.24, 2.45) is 5.73 Å². The van der Waals surface area contributed by atoms with Gasteiger partial charge < -0.3 is 15.6 Å². The number of benzene rings is 1. The smallest absolute Gasteiger partial charge is 0.248 e. The number of amides is 1. The van der Waals surface area contributed by atoms with Crippen LogP contribution in [0.15, 0.2) is 30.6 Å². The van der Waals surface area contributed by atoms with Gasteiger partial charge in [-0.1, -0.05) is 0 Å². The van der Waals surface area contributed by atoms with Crippen LogP contribution in [0.3, 0.4) is 0 Å².